The predicted octanol–water partition coefficient (Wildman–Crippen LogP) is 2.85. The highest BCUT2D eigenvalue weighted by Crippen LogP contribution is 2.50. The third-order valence-corrected chi connectivity index (χ3v) is 5.62. The molecule has 0 bridgehead atoms. The Kier molecular flexibility index (Phi) is 4.07. The van der Waals surface area contributed by atoms with E-state index in [1.54, 1.807) is 0 Å². The third-order valence-electron chi connectivity index (χ3n) is 5.62. The summed E-state index contributed by atoms with van der Waals surface area (Å²) in [6.07, 6.45) is 10.2. The molecule has 1 heterocycles. The Morgan fingerprint density at radius 1 is 1.30 bits per heavy atom. The van der Waals surface area contributed by atoms with Gasteiger partial charge in [-0.3, -0.25) is 4.79 Å². The summed E-state index contributed by atoms with van der Waals surface area (Å²) in [5, 5.41) is 6.82. The molecule has 0 spiro atoms. The minimum atomic E-state index is 0.0814. The molecule has 20 heavy (non-hydrogen) atoms. The molecule has 0 aromatic rings. The van der Waals surface area contributed by atoms with Crippen LogP contribution in [0.1, 0.15) is 65.2 Å². The van der Waals surface area contributed by atoms with Gasteiger partial charge in [0, 0.05) is 12.6 Å². The maximum atomic E-state index is 12.4. The van der Waals surface area contributed by atoms with Crippen LogP contribution < -0.4 is 10.6 Å². The summed E-state index contributed by atoms with van der Waals surface area (Å²) in [5.74, 6) is 1.75. The van der Waals surface area contributed by atoms with Gasteiger partial charge in [0.25, 0.3) is 0 Å². The molecule has 2 saturated carbocycles. The summed E-state index contributed by atoms with van der Waals surface area (Å²) in [5.41, 5.74) is 0.440. The summed E-state index contributed by atoms with van der Waals surface area (Å²) in [7, 11) is 0. The third kappa shape index (κ3) is 3.19. The van der Waals surface area contributed by atoms with Gasteiger partial charge in [-0.15, -0.1) is 0 Å². The van der Waals surface area contributed by atoms with Crippen LogP contribution in [0.15, 0.2) is 0 Å². The average molecular weight is 278 g/mol. The van der Waals surface area contributed by atoms with E-state index in [0.29, 0.717) is 11.5 Å². The number of rotatable bonds is 5. The van der Waals surface area contributed by atoms with Crippen molar-refractivity contribution in [2.45, 2.75) is 77.3 Å². The molecule has 3 aliphatic rings. The van der Waals surface area contributed by atoms with Crippen molar-refractivity contribution in [3.05, 3.63) is 0 Å². The Morgan fingerprint density at radius 2 is 2.05 bits per heavy atom. The molecule has 3 atom stereocenters. The van der Waals surface area contributed by atoms with E-state index in [-0.39, 0.29) is 11.9 Å². The average Bonchev–Trinajstić information content (AvgIpc) is 3.02. The molecule has 2 N–H and O–H groups in total. The summed E-state index contributed by atoms with van der Waals surface area (Å²) < 4.78 is 0. The van der Waals surface area contributed by atoms with E-state index < -0.39 is 0 Å². The van der Waals surface area contributed by atoms with Gasteiger partial charge in [0.1, 0.15) is 0 Å². The molecule has 0 aromatic heterocycles. The summed E-state index contributed by atoms with van der Waals surface area (Å²) in [6, 6.07) is 0.697. The molecular formula is C17H30N2O. The lowest BCUT2D eigenvalue weighted by Crippen LogP contribution is -2.44. The Morgan fingerprint density at radius 3 is 2.70 bits per heavy atom. The van der Waals surface area contributed by atoms with Crippen molar-refractivity contribution in [3.8, 4) is 0 Å². The van der Waals surface area contributed by atoms with Gasteiger partial charge in [0.2, 0.25) is 5.91 Å². The van der Waals surface area contributed by atoms with E-state index in [1.165, 1.54) is 44.9 Å². The highest BCUT2D eigenvalue weighted by Gasteiger charge is 2.44. The monoisotopic (exact) mass is 278 g/mol. The van der Waals surface area contributed by atoms with Crippen molar-refractivity contribution >= 4 is 5.91 Å². The minimum Gasteiger partial charge on any atom is -0.354 e. The molecule has 1 saturated heterocycles. The minimum absolute atomic E-state index is 0.0814. The zero-order chi connectivity index (χ0) is 14.2. The van der Waals surface area contributed by atoms with Crippen LogP contribution >= 0.6 is 0 Å². The molecule has 2 aliphatic carbocycles. The zero-order valence-corrected chi connectivity index (χ0v) is 13.1. The highest BCUT2D eigenvalue weighted by atomic mass is 16.2. The second kappa shape index (κ2) is 5.67. The van der Waals surface area contributed by atoms with Crippen molar-refractivity contribution in [2.24, 2.45) is 17.3 Å². The Hall–Kier alpha value is -0.570. The lowest BCUT2D eigenvalue weighted by Gasteiger charge is -2.24. The maximum absolute atomic E-state index is 12.4. The van der Waals surface area contributed by atoms with Gasteiger partial charge in [0.15, 0.2) is 0 Å². The molecule has 0 radical (unpaired) electrons. The first kappa shape index (κ1) is 14.4. The maximum Gasteiger partial charge on any atom is 0.237 e. The van der Waals surface area contributed by atoms with E-state index in [9.17, 15) is 4.79 Å². The van der Waals surface area contributed by atoms with Crippen molar-refractivity contribution in [1.82, 2.24) is 10.6 Å². The zero-order valence-electron chi connectivity index (χ0n) is 13.1. The summed E-state index contributed by atoms with van der Waals surface area (Å²) in [4.78, 5) is 12.4. The Labute approximate surface area is 123 Å². The van der Waals surface area contributed by atoms with Crippen LogP contribution in [-0.2, 0) is 4.79 Å². The number of fused-ring (bicyclic) bond motifs is 1. The number of amides is 1. The van der Waals surface area contributed by atoms with Crippen LogP contribution in [0, 0.1) is 17.3 Å². The van der Waals surface area contributed by atoms with E-state index >= 15 is 0 Å². The van der Waals surface area contributed by atoms with Crippen molar-refractivity contribution in [1.29, 1.82) is 0 Å². The molecule has 1 aliphatic heterocycles. The number of nitrogens with one attached hydrogen (secondary N) is 2. The van der Waals surface area contributed by atoms with Crippen LogP contribution in [0.4, 0.5) is 0 Å². The first-order valence-corrected chi connectivity index (χ1v) is 8.62. The highest BCUT2D eigenvalue weighted by molar-refractivity contribution is 5.82. The fourth-order valence-corrected chi connectivity index (χ4v) is 4.41. The van der Waals surface area contributed by atoms with Crippen LogP contribution in [0.5, 0.6) is 0 Å². The molecule has 3 nitrogen and oxygen atoms in total. The second-order valence-electron chi connectivity index (χ2n) is 7.92. The normalized spacial score (nSPS) is 34.9. The van der Waals surface area contributed by atoms with Gasteiger partial charge in [-0.25, -0.2) is 0 Å². The number of carbonyl (C=O) groups is 1. The van der Waals surface area contributed by atoms with Gasteiger partial charge in [0.05, 0.1) is 6.04 Å². The van der Waals surface area contributed by atoms with Crippen LogP contribution in [0.3, 0.4) is 0 Å². The first-order valence-electron chi connectivity index (χ1n) is 8.62. The van der Waals surface area contributed by atoms with E-state index in [1.807, 2.05) is 0 Å². The molecule has 1 amide bonds. The summed E-state index contributed by atoms with van der Waals surface area (Å²) in [6.45, 7) is 5.47. The topological polar surface area (TPSA) is 41.1 Å². The second-order valence-corrected chi connectivity index (χ2v) is 7.92. The number of hydrogen-bond donors (Lipinski definition) is 2. The lowest BCUT2D eigenvalue weighted by molar-refractivity contribution is -0.123. The first-order chi connectivity index (χ1) is 9.58. The molecule has 3 fully saturated rings. The summed E-state index contributed by atoms with van der Waals surface area (Å²) >= 11 is 0. The molecule has 3 unspecified atom stereocenters. The Bertz CT molecular complexity index is 348. The number of carbonyl (C=O) groups excluding carboxylic acids is 1. The van der Waals surface area contributed by atoms with Crippen LogP contribution in [-0.4, -0.2) is 24.5 Å². The van der Waals surface area contributed by atoms with Crippen molar-refractivity contribution < 1.29 is 4.79 Å². The standard InChI is InChI=1S/C17H30N2O/c1-12(2)10-17(7-8-17)11-18-16(20)15-9-13-5-3-4-6-14(13)19-15/h12-15,19H,3-11H2,1-2H3,(H,18,20). The fourth-order valence-electron chi connectivity index (χ4n) is 4.41. The largest absolute Gasteiger partial charge is 0.354 e. The predicted molar refractivity (Wildman–Crippen MR) is 81.4 cm³/mol. The lowest BCUT2D eigenvalue weighted by atomic mass is 9.85. The van der Waals surface area contributed by atoms with E-state index in [0.717, 1.165) is 24.8 Å². The van der Waals surface area contributed by atoms with Gasteiger partial charge < -0.3 is 10.6 Å². The molecular weight excluding hydrogens is 248 g/mol. The van der Waals surface area contributed by atoms with Crippen LogP contribution in [0.2, 0.25) is 0 Å². The van der Waals surface area contributed by atoms with E-state index in [2.05, 4.69) is 24.5 Å². The Balaban J connectivity index is 1.46. The number of hydrogen-bond acceptors (Lipinski definition) is 2. The van der Waals surface area contributed by atoms with Gasteiger partial charge in [-0.05, 0) is 55.8 Å². The quantitative estimate of drug-likeness (QED) is 0.812. The molecule has 3 rings (SSSR count). The molecule has 0 aromatic carbocycles. The smallest absolute Gasteiger partial charge is 0.237 e. The van der Waals surface area contributed by atoms with Crippen molar-refractivity contribution in [3.63, 3.8) is 0 Å². The molecule has 3 heteroatoms. The van der Waals surface area contributed by atoms with Gasteiger partial charge in [-0.1, -0.05) is 26.7 Å². The van der Waals surface area contributed by atoms with Gasteiger partial charge >= 0.3 is 0 Å². The van der Waals surface area contributed by atoms with Crippen LogP contribution in [0.25, 0.3) is 0 Å². The fraction of sp³-hybridized carbons (Fsp3) is 0.941. The van der Waals surface area contributed by atoms with Gasteiger partial charge in [-0.2, -0.15) is 0 Å². The van der Waals surface area contributed by atoms with E-state index in [4.69, 9.17) is 0 Å². The molecule has 114 valence electrons. The SMILES string of the molecule is CC(C)CC1(CNC(=O)C2CC3CCCCC3N2)CC1. The van der Waals surface area contributed by atoms with Crippen molar-refractivity contribution in [2.75, 3.05) is 6.54 Å².